The predicted molar refractivity (Wildman–Crippen MR) is 153 cm³/mol. The zero-order valence-corrected chi connectivity index (χ0v) is 22.7. The number of hydrogen-bond donors (Lipinski definition) is 2. The lowest BCUT2D eigenvalue weighted by molar-refractivity contribution is -0.119. The summed E-state index contributed by atoms with van der Waals surface area (Å²) in [5.41, 5.74) is 5.59. The van der Waals surface area contributed by atoms with Gasteiger partial charge in [-0.1, -0.05) is 84.6 Å². The zero-order valence-electron chi connectivity index (χ0n) is 22.7. The summed E-state index contributed by atoms with van der Waals surface area (Å²) in [5.74, 6) is 1.19. The molecule has 194 valence electrons. The molecular formula is C32H44N2O2. The number of aldehydes is 1. The second kappa shape index (κ2) is 14.0. The van der Waals surface area contributed by atoms with Gasteiger partial charge in [-0.15, -0.1) is 0 Å². The highest BCUT2D eigenvalue weighted by Crippen LogP contribution is 2.28. The summed E-state index contributed by atoms with van der Waals surface area (Å²) in [4.78, 5) is 26.8. The van der Waals surface area contributed by atoms with Crippen molar-refractivity contribution in [2.45, 2.75) is 91.9 Å². The minimum absolute atomic E-state index is 0.0198. The fraction of sp³-hybridized carbons (Fsp3) is 0.500. The van der Waals surface area contributed by atoms with Crippen LogP contribution in [0.1, 0.15) is 101 Å². The smallest absolute Gasteiger partial charge is 0.227 e. The van der Waals surface area contributed by atoms with Crippen LogP contribution in [0.5, 0.6) is 0 Å². The number of hydrogen-bond acceptors (Lipinski definition) is 2. The van der Waals surface area contributed by atoms with Gasteiger partial charge in [0, 0.05) is 33.8 Å². The lowest BCUT2D eigenvalue weighted by Crippen LogP contribution is -2.20. The first-order valence-corrected chi connectivity index (χ1v) is 13.9. The van der Waals surface area contributed by atoms with Crippen molar-refractivity contribution in [2.75, 3.05) is 5.32 Å². The van der Waals surface area contributed by atoms with E-state index in [-0.39, 0.29) is 11.8 Å². The summed E-state index contributed by atoms with van der Waals surface area (Å²) in [6.45, 7) is 8.49. The summed E-state index contributed by atoms with van der Waals surface area (Å²) in [7, 11) is 0. The summed E-state index contributed by atoms with van der Waals surface area (Å²) >= 11 is 0. The molecule has 1 unspecified atom stereocenters. The highest BCUT2D eigenvalue weighted by molar-refractivity contribution is 5.94. The van der Waals surface area contributed by atoms with Crippen molar-refractivity contribution >= 4 is 28.8 Å². The van der Waals surface area contributed by atoms with Crippen LogP contribution in [0.4, 0.5) is 5.69 Å². The Kier molecular flexibility index (Phi) is 10.8. The van der Waals surface area contributed by atoms with E-state index in [2.05, 4.69) is 30.2 Å². The molecule has 2 aromatic carbocycles. The lowest BCUT2D eigenvalue weighted by Gasteiger charge is -2.18. The Bertz CT molecular complexity index is 1120. The molecule has 1 fully saturated rings. The number of anilines is 1. The van der Waals surface area contributed by atoms with Crippen LogP contribution in [-0.4, -0.2) is 17.2 Å². The maximum atomic E-state index is 12.4. The fourth-order valence-corrected chi connectivity index (χ4v) is 5.03. The van der Waals surface area contributed by atoms with Crippen LogP contribution in [0.15, 0.2) is 42.5 Å². The number of nitrogens with one attached hydrogen (secondary N) is 2. The van der Waals surface area contributed by atoms with Gasteiger partial charge < -0.3 is 10.3 Å². The first-order valence-electron chi connectivity index (χ1n) is 13.9. The molecule has 0 aliphatic heterocycles. The quantitative estimate of drug-likeness (QED) is 0.233. The molecule has 1 amide bonds. The normalized spacial score (nSPS) is 14.7. The highest BCUT2D eigenvalue weighted by atomic mass is 16.1. The van der Waals surface area contributed by atoms with E-state index in [0.29, 0.717) is 5.56 Å². The SMILES string of the molecule is CCC1CCCCC1.CCCCCC(C)C(=O)Nc1ccc(-c2cc3cc(C=O)ccc3[nH]2)cc1C. The van der Waals surface area contributed by atoms with E-state index in [1.165, 1.54) is 51.4 Å². The van der Waals surface area contributed by atoms with Gasteiger partial charge in [0.15, 0.2) is 0 Å². The van der Waals surface area contributed by atoms with Crippen molar-refractivity contribution in [2.24, 2.45) is 11.8 Å². The molecule has 1 aliphatic rings. The number of amides is 1. The van der Waals surface area contributed by atoms with Crippen molar-refractivity contribution in [3.05, 3.63) is 53.6 Å². The average molecular weight is 489 g/mol. The Morgan fingerprint density at radius 3 is 2.47 bits per heavy atom. The van der Waals surface area contributed by atoms with E-state index < -0.39 is 0 Å². The average Bonchev–Trinajstić information content (AvgIpc) is 3.34. The maximum Gasteiger partial charge on any atom is 0.227 e. The number of fused-ring (bicyclic) bond motifs is 1. The number of aromatic nitrogens is 1. The van der Waals surface area contributed by atoms with Gasteiger partial charge in [-0.05, 0) is 66.8 Å². The van der Waals surface area contributed by atoms with Gasteiger partial charge >= 0.3 is 0 Å². The van der Waals surface area contributed by atoms with Crippen molar-refractivity contribution in [3.63, 3.8) is 0 Å². The molecular weight excluding hydrogens is 444 g/mol. The first kappa shape index (κ1) is 27.7. The molecule has 1 aliphatic carbocycles. The molecule has 1 atom stereocenters. The number of carbonyl (C=O) groups is 2. The third-order valence-corrected chi connectivity index (χ3v) is 7.57. The van der Waals surface area contributed by atoms with Crippen molar-refractivity contribution in [3.8, 4) is 11.3 Å². The summed E-state index contributed by atoms with van der Waals surface area (Å²) < 4.78 is 0. The van der Waals surface area contributed by atoms with Gasteiger partial charge in [0.25, 0.3) is 0 Å². The van der Waals surface area contributed by atoms with E-state index in [4.69, 9.17) is 0 Å². The second-order valence-corrected chi connectivity index (χ2v) is 10.5. The summed E-state index contributed by atoms with van der Waals surface area (Å²) in [6.07, 6.45) is 14.1. The molecule has 4 heteroatoms. The Labute approximate surface area is 217 Å². The Hall–Kier alpha value is -2.88. The van der Waals surface area contributed by atoms with E-state index in [9.17, 15) is 9.59 Å². The number of carbonyl (C=O) groups excluding carboxylic acids is 2. The second-order valence-electron chi connectivity index (χ2n) is 10.5. The van der Waals surface area contributed by atoms with Gasteiger partial charge in [-0.25, -0.2) is 0 Å². The van der Waals surface area contributed by atoms with Crippen LogP contribution < -0.4 is 5.32 Å². The molecule has 0 radical (unpaired) electrons. The van der Waals surface area contributed by atoms with Crippen molar-refractivity contribution in [1.82, 2.24) is 4.98 Å². The van der Waals surface area contributed by atoms with Crippen molar-refractivity contribution in [1.29, 1.82) is 0 Å². The van der Waals surface area contributed by atoms with Gasteiger partial charge in [-0.3, -0.25) is 9.59 Å². The number of rotatable bonds is 9. The molecule has 36 heavy (non-hydrogen) atoms. The molecule has 1 saturated carbocycles. The number of aromatic amines is 1. The molecule has 0 bridgehead atoms. The third-order valence-electron chi connectivity index (χ3n) is 7.57. The highest BCUT2D eigenvalue weighted by Gasteiger charge is 2.14. The van der Waals surface area contributed by atoms with Gasteiger partial charge in [0.05, 0.1) is 0 Å². The van der Waals surface area contributed by atoms with E-state index in [0.717, 1.165) is 58.5 Å². The zero-order chi connectivity index (χ0) is 25.9. The Morgan fingerprint density at radius 1 is 1.06 bits per heavy atom. The van der Waals surface area contributed by atoms with Crippen LogP contribution in [0.3, 0.4) is 0 Å². The number of H-pyrrole nitrogens is 1. The Morgan fingerprint density at radius 2 is 1.83 bits per heavy atom. The predicted octanol–water partition coefficient (Wildman–Crippen LogP) is 9.09. The van der Waals surface area contributed by atoms with Gasteiger partial charge in [-0.2, -0.15) is 0 Å². The summed E-state index contributed by atoms with van der Waals surface area (Å²) in [6, 6.07) is 13.7. The van der Waals surface area contributed by atoms with Crippen LogP contribution in [-0.2, 0) is 4.79 Å². The van der Waals surface area contributed by atoms with Gasteiger partial charge in [0.2, 0.25) is 5.91 Å². The van der Waals surface area contributed by atoms with Crippen molar-refractivity contribution < 1.29 is 9.59 Å². The number of aryl methyl sites for hydroxylation is 1. The van der Waals surface area contributed by atoms with E-state index in [1.54, 1.807) is 6.07 Å². The molecule has 4 nitrogen and oxygen atoms in total. The maximum absolute atomic E-state index is 12.4. The molecule has 1 heterocycles. The fourth-order valence-electron chi connectivity index (χ4n) is 5.03. The molecule has 0 spiro atoms. The standard InChI is InChI=1S/C24H28N2O2.C8H16/c1-4-5-6-7-16(2)24(28)26-21-11-9-19(12-17(21)3)23-14-20-13-18(15-27)8-10-22(20)25-23;1-2-8-6-4-3-5-7-8/h8-16,25H,4-7H2,1-3H3,(H,26,28);8H,2-7H2,1H3. The minimum atomic E-state index is 0.0198. The van der Waals surface area contributed by atoms with E-state index >= 15 is 0 Å². The van der Waals surface area contributed by atoms with Crippen LogP contribution in [0, 0.1) is 18.8 Å². The third kappa shape index (κ3) is 7.81. The van der Waals surface area contributed by atoms with Crippen LogP contribution in [0.25, 0.3) is 22.2 Å². The lowest BCUT2D eigenvalue weighted by atomic mass is 9.88. The van der Waals surface area contributed by atoms with Crippen LogP contribution in [0.2, 0.25) is 0 Å². The molecule has 4 rings (SSSR count). The van der Waals surface area contributed by atoms with Gasteiger partial charge in [0.1, 0.15) is 6.29 Å². The topological polar surface area (TPSA) is 62.0 Å². The van der Waals surface area contributed by atoms with Crippen LogP contribution >= 0.6 is 0 Å². The molecule has 2 N–H and O–H groups in total. The summed E-state index contributed by atoms with van der Waals surface area (Å²) in [5, 5.41) is 4.08. The Balaban J connectivity index is 0.000000383. The van der Waals surface area contributed by atoms with E-state index in [1.807, 2.05) is 44.2 Å². The molecule has 1 aromatic heterocycles. The molecule has 3 aromatic rings. The first-order chi connectivity index (χ1) is 17.4. The largest absolute Gasteiger partial charge is 0.355 e. The number of benzene rings is 2. The number of unbranched alkanes of at least 4 members (excludes halogenated alkanes) is 2. The monoisotopic (exact) mass is 488 g/mol. The molecule has 0 saturated heterocycles. The minimum Gasteiger partial charge on any atom is -0.355 e.